The molecule has 1 amide bonds. The van der Waals surface area contributed by atoms with Crippen LogP contribution in [0.25, 0.3) is 0 Å². The van der Waals surface area contributed by atoms with Crippen molar-refractivity contribution < 1.29 is 19.0 Å². The van der Waals surface area contributed by atoms with Crippen LogP contribution in [-0.4, -0.2) is 62.9 Å². The van der Waals surface area contributed by atoms with E-state index >= 15 is 0 Å². The summed E-state index contributed by atoms with van der Waals surface area (Å²) in [6, 6.07) is 7.34. The lowest BCUT2D eigenvalue weighted by Crippen LogP contribution is -2.37. The van der Waals surface area contributed by atoms with E-state index in [1.165, 1.54) is 0 Å². The number of hydrogen-bond donors (Lipinski definition) is 1. The van der Waals surface area contributed by atoms with Crippen LogP contribution in [0.15, 0.2) is 30.5 Å². The maximum atomic E-state index is 12.4. The Morgan fingerprint density at radius 3 is 2.70 bits per heavy atom. The highest BCUT2D eigenvalue weighted by atomic mass is 16.5. The Labute approximate surface area is 158 Å². The van der Waals surface area contributed by atoms with Gasteiger partial charge in [-0.1, -0.05) is 6.07 Å². The van der Waals surface area contributed by atoms with Crippen LogP contribution in [0, 0.1) is 0 Å². The molecule has 2 aromatic rings. The summed E-state index contributed by atoms with van der Waals surface area (Å²) in [6.45, 7) is 3.23. The van der Waals surface area contributed by atoms with Crippen LogP contribution < -0.4 is 19.7 Å². The molecule has 1 aromatic heterocycles. The fourth-order valence-corrected chi connectivity index (χ4v) is 2.84. The van der Waals surface area contributed by atoms with Gasteiger partial charge in [-0.2, -0.15) is 0 Å². The smallest absolute Gasteiger partial charge is 0.270 e. The van der Waals surface area contributed by atoms with Crippen LogP contribution in [0.5, 0.6) is 11.5 Å². The first-order chi connectivity index (χ1) is 13.2. The molecule has 1 aliphatic rings. The van der Waals surface area contributed by atoms with Crippen molar-refractivity contribution in [3.63, 3.8) is 0 Å². The second kappa shape index (κ2) is 9.18. The monoisotopic (exact) mass is 372 g/mol. The Kier molecular flexibility index (Phi) is 6.43. The van der Waals surface area contributed by atoms with Gasteiger partial charge < -0.3 is 24.4 Å². The number of aromatic nitrogens is 2. The number of morpholine rings is 1. The molecular formula is C19H24N4O4. The molecule has 0 spiro atoms. The molecule has 3 rings (SSSR count). The predicted molar refractivity (Wildman–Crippen MR) is 101 cm³/mol. The molecule has 0 radical (unpaired) electrons. The molecule has 0 atom stereocenters. The lowest BCUT2D eigenvalue weighted by Gasteiger charge is -2.26. The molecule has 8 heteroatoms. The lowest BCUT2D eigenvalue weighted by molar-refractivity contribution is 0.0949. The molecule has 1 fully saturated rings. The van der Waals surface area contributed by atoms with E-state index < -0.39 is 0 Å². The Hall–Kier alpha value is -2.87. The van der Waals surface area contributed by atoms with E-state index in [1.54, 1.807) is 26.5 Å². The molecule has 27 heavy (non-hydrogen) atoms. The minimum atomic E-state index is -0.215. The number of carbonyl (C=O) groups is 1. The van der Waals surface area contributed by atoms with E-state index in [0.29, 0.717) is 49.3 Å². The van der Waals surface area contributed by atoms with Crippen molar-refractivity contribution in [3.05, 3.63) is 41.7 Å². The molecule has 144 valence electrons. The van der Waals surface area contributed by atoms with Gasteiger partial charge in [-0.25, -0.2) is 9.97 Å². The zero-order valence-corrected chi connectivity index (χ0v) is 15.6. The highest BCUT2D eigenvalue weighted by Gasteiger charge is 2.16. The Morgan fingerprint density at radius 1 is 1.19 bits per heavy atom. The number of rotatable bonds is 7. The van der Waals surface area contributed by atoms with Gasteiger partial charge in [0, 0.05) is 25.8 Å². The average molecular weight is 372 g/mol. The van der Waals surface area contributed by atoms with Gasteiger partial charge in [0.2, 0.25) is 5.95 Å². The first-order valence-electron chi connectivity index (χ1n) is 8.86. The van der Waals surface area contributed by atoms with Crippen molar-refractivity contribution in [2.75, 3.05) is 52.0 Å². The molecule has 0 aliphatic carbocycles. The van der Waals surface area contributed by atoms with Crippen molar-refractivity contribution in [2.24, 2.45) is 0 Å². The topological polar surface area (TPSA) is 85.8 Å². The van der Waals surface area contributed by atoms with Gasteiger partial charge in [0.1, 0.15) is 5.69 Å². The molecule has 0 bridgehead atoms. The number of ether oxygens (including phenoxy) is 3. The van der Waals surface area contributed by atoms with Crippen LogP contribution >= 0.6 is 0 Å². The predicted octanol–water partition coefficient (Wildman–Crippen LogP) is 1.30. The van der Waals surface area contributed by atoms with Crippen LogP contribution in [0.1, 0.15) is 16.1 Å². The number of nitrogens with zero attached hydrogens (tertiary/aromatic N) is 3. The first kappa shape index (κ1) is 18.9. The molecule has 1 saturated heterocycles. The van der Waals surface area contributed by atoms with Crippen LogP contribution in [0.4, 0.5) is 5.95 Å². The number of benzene rings is 1. The minimum Gasteiger partial charge on any atom is -0.493 e. The molecule has 8 nitrogen and oxygen atoms in total. The molecular weight excluding hydrogens is 348 g/mol. The SMILES string of the molecule is COc1ccc(CCNC(=O)c2ccnc(N3CCOCC3)n2)cc1OC. The van der Waals surface area contributed by atoms with Crippen LogP contribution in [-0.2, 0) is 11.2 Å². The normalized spacial score (nSPS) is 13.9. The summed E-state index contributed by atoms with van der Waals surface area (Å²) in [7, 11) is 3.20. The summed E-state index contributed by atoms with van der Waals surface area (Å²) in [6.07, 6.45) is 2.29. The van der Waals surface area contributed by atoms with Crippen LogP contribution in [0.3, 0.4) is 0 Å². The fraction of sp³-hybridized carbons (Fsp3) is 0.421. The van der Waals surface area contributed by atoms with E-state index in [-0.39, 0.29) is 5.91 Å². The second-order valence-electron chi connectivity index (χ2n) is 6.04. The third-order valence-corrected chi connectivity index (χ3v) is 4.32. The summed E-state index contributed by atoms with van der Waals surface area (Å²) in [4.78, 5) is 23.1. The maximum absolute atomic E-state index is 12.4. The van der Waals surface area contributed by atoms with Gasteiger partial charge in [-0.05, 0) is 30.2 Å². The standard InChI is InChI=1S/C19H24N4O4/c1-25-16-4-3-14(13-17(16)26-2)5-7-20-18(24)15-6-8-21-19(22-15)23-9-11-27-12-10-23/h3-4,6,8,13H,5,7,9-12H2,1-2H3,(H,20,24). The van der Waals surface area contributed by atoms with Gasteiger partial charge in [-0.15, -0.1) is 0 Å². The van der Waals surface area contributed by atoms with Gasteiger partial charge >= 0.3 is 0 Å². The van der Waals surface area contributed by atoms with E-state index in [4.69, 9.17) is 14.2 Å². The summed E-state index contributed by atoms with van der Waals surface area (Å²) < 4.78 is 15.9. The Balaban J connectivity index is 1.56. The van der Waals surface area contributed by atoms with Crippen molar-refractivity contribution >= 4 is 11.9 Å². The van der Waals surface area contributed by atoms with Crippen molar-refractivity contribution in [2.45, 2.75) is 6.42 Å². The van der Waals surface area contributed by atoms with Crippen LogP contribution in [0.2, 0.25) is 0 Å². The fourth-order valence-electron chi connectivity index (χ4n) is 2.84. The number of nitrogens with one attached hydrogen (secondary N) is 1. The Bertz CT molecular complexity index is 778. The van der Waals surface area contributed by atoms with Gasteiger partial charge in [0.15, 0.2) is 11.5 Å². The molecule has 1 aliphatic heterocycles. The molecule has 2 heterocycles. The van der Waals surface area contributed by atoms with Crippen molar-refractivity contribution in [1.82, 2.24) is 15.3 Å². The highest BCUT2D eigenvalue weighted by molar-refractivity contribution is 5.92. The van der Waals surface area contributed by atoms with Crippen molar-refractivity contribution in [1.29, 1.82) is 0 Å². The highest BCUT2D eigenvalue weighted by Crippen LogP contribution is 2.27. The number of hydrogen-bond acceptors (Lipinski definition) is 7. The third kappa shape index (κ3) is 4.85. The molecule has 0 saturated carbocycles. The van der Waals surface area contributed by atoms with Gasteiger partial charge in [-0.3, -0.25) is 4.79 Å². The average Bonchev–Trinajstić information content (AvgIpc) is 2.74. The largest absolute Gasteiger partial charge is 0.493 e. The van der Waals surface area contributed by atoms with E-state index in [1.807, 2.05) is 23.1 Å². The number of anilines is 1. The maximum Gasteiger partial charge on any atom is 0.270 e. The van der Waals surface area contributed by atoms with Gasteiger partial charge in [0.05, 0.1) is 27.4 Å². The molecule has 0 unspecified atom stereocenters. The first-order valence-corrected chi connectivity index (χ1v) is 8.86. The zero-order valence-electron chi connectivity index (χ0n) is 15.6. The number of methoxy groups -OCH3 is 2. The second-order valence-corrected chi connectivity index (χ2v) is 6.04. The minimum absolute atomic E-state index is 0.215. The summed E-state index contributed by atoms with van der Waals surface area (Å²) in [5, 5.41) is 2.90. The Morgan fingerprint density at radius 2 is 1.96 bits per heavy atom. The summed E-state index contributed by atoms with van der Waals surface area (Å²) in [5.74, 6) is 1.70. The number of carbonyl (C=O) groups excluding carboxylic acids is 1. The van der Waals surface area contributed by atoms with E-state index in [0.717, 1.165) is 18.7 Å². The third-order valence-electron chi connectivity index (χ3n) is 4.32. The lowest BCUT2D eigenvalue weighted by atomic mass is 10.1. The van der Waals surface area contributed by atoms with E-state index in [9.17, 15) is 4.79 Å². The quantitative estimate of drug-likeness (QED) is 0.784. The van der Waals surface area contributed by atoms with Gasteiger partial charge in [0.25, 0.3) is 5.91 Å². The van der Waals surface area contributed by atoms with E-state index in [2.05, 4.69) is 15.3 Å². The molecule has 1 N–H and O–H groups in total. The molecule has 1 aromatic carbocycles. The summed E-state index contributed by atoms with van der Waals surface area (Å²) in [5.41, 5.74) is 1.41. The zero-order chi connectivity index (χ0) is 19.1. The van der Waals surface area contributed by atoms with Crippen molar-refractivity contribution in [3.8, 4) is 11.5 Å². The summed E-state index contributed by atoms with van der Waals surface area (Å²) >= 11 is 0. The number of amides is 1.